The van der Waals surface area contributed by atoms with Crippen LogP contribution in [-0.4, -0.2) is 22.3 Å². The summed E-state index contributed by atoms with van der Waals surface area (Å²) in [6, 6.07) is 7.08. The molecule has 0 saturated heterocycles. The second kappa shape index (κ2) is 10.0. The molecule has 1 heterocycles. The van der Waals surface area contributed by atoms with Gasteiger partial charge in [-0.2, -0.15) is 0 Å². The molecule has 27 heavy (non-hydrogen) atoms. The largest absolute Gasteiger partial charge is 0.342 e. The maximum atomic E-state index is 10.9. The Morgan fingerprint density at radius 2 is 2.07 bits per heavy atom. The number of nitrogens with zero attached hydrogens (tertiary/aromatic N) is 1. The third-order valence-corrected chi connectivity index (χ3v) is 5.11. The molecule has 0 spiro atoms. The summed E-state index contributed by atoms with van der Waals surface area (Å²) in [5.74, 6) is 0.902. The lowest BCUT2D eigenvalue weighted by Gasteiger charge is -2.16. The normalized spacial score (nSPS) is 16.7. The Morgan fingerprint density at radius 3 is 2.81 bits per heavy atom. The lowest BCUT2D eigenvalue weighted by atomic mass is 10.1. The summed E-state index contributed by atoms with van der Waals surface area (Å²) in [6.45, 7) is 4.51. The van der Waals surface area contributed by atoms with Crippen LogP contribution in [0.2, 0.25) is 0 Å². The van der Waals surface area contributed by atoms with E-state index in [1.54, 1.807) is 18.2 Å². The van der Waals surface area contributed by atoms with Crippen LogP contribution >= 0.6 is 0 Å². The van der Waals surface area contributed by atoms with Crippen LogP contribution in [0.5, 0.6) is 0 Å². The second-order valence-electron chi connectivity index (χ2n) is 7.23. The van der Waals surface area contributed by atoms with E-state index in [1.807, 2.05) is 6.08 Å². The Balaban J connectivity index is 1.60. The topological polar surface area (TPSA) is 57.8 Å². The van der Waals surface area contributed by atoms with Crippen molar-refractivity contribution in [3.8, 4) is 0 Å². The Kier molecular flexibility index (Phi) is 7.17. The summed E-state index contributed by atoms with van der Waals surface area (Å²) in [5.41, 5.74) is 3.94. The zero-order valence-electron chi connectivity index (χ0n) is 15.9. The standard InChI is InChI=1S/C23H29N3O/c1-2-8-18(17-27)9-7-12-23-25-21-14-13-19(15-22(21)26-23)16-24-20-10-5-3-4-6-11-20/h2,7-9,13-15,17,20,24H,1,3-6,10-12,16H2,(H,25,26)/b9-7-,18-8+. The number of hydrogen-bond acceptors (Lipinski definition) is 3. The molecule has 142 valence electrons. The molecule has 3 rings (SSSR count). The van der Waals surface area contributed by atoms with Gasteiger partial charge in [-0.1, -0.05) is 62.6 Å². The van der Waals surface area contributed by atoms with Crippen LogP contribution in [0.1, 0.15) is 49.9 Å². The van der Waals surface area contributed by atoms with Crippen molar-refractivity contribution in [2.75, 3.05) is 0 Å². The molecule has 1 aromatic carbocycles. The van der Waals surface area contributed by atoms with Gasteiger partial charge in [-0.3, -0.25) is 4.79 Å². The number of allylic oxidation sites excluding steroid dienone is 5. The molecule has 0 unspecified atom stereocenters. The van der Waals surface area contributed by atoms with E-state index in [2.05, 4.69) is 40.1 Å². The average molecular weight is 364 g/mol. The molecule has 4 heteroatoms. The predicted octanol–water partition coefficient (Wildman–Crippen LogP) is 4.79. The van der Waals surface area contributed by atoms with E-state index in [4.69, 9.17) is 0 Å². The van der Waals surface area contributed by atoms with E-state index in [-0.39, 0.29) is 0 Å². The highest BCUT2D eigenvalue weighted by atomic mass is 16.1. The van der Waals surface area contributed by atoms with E-state index in [0.29, 0.717) is 18.0 Å². The molecule has 0 aliphatic heterocycles. The number of hydrogen-bond donors (Lipinski definition) is 2. The van der Waals surface area contributed by atoms with Gasteiger partial charge in [0.15, 0.2) is 0 Å². The van der Waals surface area contributed by atoms with Crippen molar-refractivity contribution in [2.45, 2.75) is 57.5 Å². The number of nitrogens with one attached hydrogen (secondary N) is 2. The number of rotatable bonds is 8. The van der Waals surface area contributed by atoms with Gasteiger partial charge in [-0.25, -0.2) is 4.98 Å². The summed E-state index contributed by atoms with van der Waals surface area (Å²) in [7, 11) is 0. The van der Waals surface area contributed by atoms with Crippen molar-refractivity contribution in [1.82, 2.24) is 15.3 Å². The maximum Gasteiger partial charge on any atom is 0.150 e. The number of aldehydes is 1. The Hall–Kier alpha value is -2.46. The molecule has 1 fully saturated rings. The minimum atomic E-state index is 0.605. The first-order valence-corrected chi connectivity index (χ1v) is 9.94. The second-order valence-corrected chi connectivity index (χ2v) is 7.23. The first-order valence-electron chi connectivity index (χ1n) is 9.94. The van der Waals surface area contributed by atoms with Crippen molar-refractivity contribution in [1.29, 1.82) is 0 Å². The van der Waals surface area contributed by atoms with Crippen LogP contribution in [0.3, 0.4) is 0 Å². The third kappa shape index (κ3) is 5.76. The Bertz CT molecular complexity index is 823. The van der Waals surface area contributed by atoms with E-state index < -0.39 is 0 Å². The van der Waals surface area contributed by atoms with Crippen molar-refractivity contribution < 1.29 is 4.79 Å². The van der Waals surface area contributed by atoms with Gasteiger partial charge in [-0.05, 0) is 30.5 Å². The van der Waals surface area contributed by atoms with Gasteiger partial charge in [0.25, 0.3) is 0 Å². The maximum absolute atomic E-state index is 10.9. The monoisotopic (exact) mass is 363 g/mol. The number of benzene rings is 1. The van der Waals surface area contributed by atoms with Gasteiger partial charge in [0.2, 0.25) is 0 Å². The molecule has 1 aliphatic carbocycles. The molecular weight excluding hydrogens is 334 g/mol. The molecule has 0 radical (unpaired) electrons. The summed E-state index contributed by atoms with van der Waals surface area (Å²) < 4.78 is 0. The summed E-state index contributed by atoms with van der Waals surface area (Å²) >= 11 is 0. The molecule has 0 amide bonds. The lowest BCUT2D eigenvalue weighted by Crippen LogP contribution is -2.27. The molecule has 4 nitrogen and oxygen atoms in total. The van der Waals surface area contributed by atoms with Crippen LogP contribution in [0.15, 0.2) is 54.7 Å². The van der Waals surface area contributed by atoms with Gasteiger partial charge < -0.3 is 10.3 Å². The van der Waals surface area contributed by atoms with Gasteiger partial charge in [0.1, 0.15) is 12.1 Å². The fraction of sp³-hybridized carbons (Fsp3) is 0.391. The zero-order valence-corrected chi connectivity index (χ0v) is 15.9. The predicted molar refractivity (Wildman–Crippen MR) is 112 cm³/mol. The average Bonchev–Trinajstić information content (AvgIpc) is 2.90. The number of fused-ring (bicyclic) bond motifs is 1. The molecule has 0 bridgehead atoms. The van der Waals surface area contributed by atoms with Gasteiger partial charge >= 0.3 is 0 Å². The van der Waals surface area contributed by atoms with Crippen molar-refractivity contribution in [2.24, 2.45) is 0 Å². The van der Waals surface area contributed by atoms with Gasteiger partial charge in [-0.15, -0.1) is 0 Å². The fourth-order valence-electron chi connectivity index (χ4n) is 3.64. The van der Waals surface area contributed by atoms with Crippen molar-refractivity contribution >= 4 is 17.3 Å². The Morgan fingerprint density at radius 1 is 1.26 bits per heavy atom. The first kappa shape index (κ1) is 19.3. The van der Waals surface area contributed by atoms with Gasteiger partial charge in [0, 0.05) is 24.6 Å². The van der Waals surface area contributed by atoms with E-state index in [9.17, 15) is 4.79 Å². The van der Waals surface area contributed by atoms with Crippen LogP contribution in [0, 0.1) is 0 Å². The van der Waals surface area contributed by atoms with Crippen LogP contribution < -0.4 is 5.32 Å². The quantitative estimate of drug-likeness (QED) is 0.307. The first-order chi connectivity index (χ1) is 13.3. The fourth-order valence-corrected chi connectivity index (χ4v) is 3.64. The summed E-state index contributed by atoms with van der Waals surface area (Å²) in [4.78, 5) is 18.9. The highest BCUT2D eigenvalue weighted by molar-refractivity contribution is 5.78. The molecule has 1 saturated carbocycles. The van der Waals surface area contributed by atoms with Crippen LogP contribution in [0.4, 0.5) is 0 Å². The minimum absolute atomic E-state index is 0.605. The minimum Gasteiger partial charge on any atom is -0.342 e. The number of carbonyl (C=O) groups excluding carboxylic acids is 1. The van der Waals surface area contributed by atoms with E-state index in [0.717, 1.165) is 29.7 Å². The summed E-state index contributed by atoms with van der Waals surface area (Å²) in [6.07, 6.45) is 16.6. The smallest absolute Gasteiger partial charge is 0.150 e. The molecule has 1 aromatic heterocycles. The zero-order chi connectivity index (χ0) is 18.9. The molecular formula is C23H29N3O. The molecule has 2 N–H and O–H groups in total. The van der Waals surface area contributed by atoms with E-state index in [1.165, 1.54) is 44.1 Å². The number of imidazole rings is 1. The number of aromatic amines is 1. The van der Waals surface area contributed by atoms with Crippen molar-refractivity contribution in [3.63, 3.8) is 0 Å². The molecule has 2 aromatic rings. The van der Waals surface area contributed by atoms with E-state index >= 15 is 0 Å². The molecule has 0 atom stereocenters. The highest BCUT2D eigenvalue weighted by Gasteiger charge is 2.11. The number of aromatic nitrogens is 2. The van der Waals surface area contributed by atoms with Crippen molar-refractivity contribution in [3.05, 3.63) is 66.0 Å². The molecule has 1 aliphatic rings. The highest BCUT2D eigenvalue weighted by Crippen LogP contribution is 2.19. The SMILES string of the molecule is C=C/C=C(C=O)\C=C/Cc1nc2ccc(CNC3CCCCCC3)cc2[nH]1. The van der Waals surface area contributed by atoms with Crippen LogP contribution in [0.25, 0.3) is 11.0 Å². The lowest BCUT2D eigenvalue weighted by molar-refractivity contribution is -0.104. The Labute approximate surface area is 161 Å². The summed E-state index contributed by atoms with van der Waals surface area (Å²) in [5, 5.41) is 3.72. The van der Waals surface area contributed by atoms with Gasteiger partial charge in [0.05, 0.1) is 11.0 Å². The number of H-pyrrole nitrogens is 1. The van der Waals surface area contributed by atoms with Crippen LogP contribution in [-0.2, 0) is 17.8 Å². The third-order valence-electron chi connectivity index (χ3n) is 5.11. The number of carbonyl (C=O) groups is 1.